The Morgan fingerprint density at radius 3 is 2.88 bits per heavy atom. The average molecular weight is 241 g/mol. The smallest absolute Gasteiger partial charge is 0.0794 e. The van der Waals surface area contributed by atoms with Crippen LogP contribution in [0.2, 0.25) is 0 Å². The lowest BCUT2D eigenvalue weighted by Gasteiger charge is -2.23. The van der Waals surface area contributed by atoms with E-state index in [0.717, 1.165) is 26.1 Å². The predicted octanol–water partition coefficient (Wildman–Crippen LogP) is 2.39. The first-order valence-corrected chi connectivity index (χ1v) is 6.80. The van der Waals surface area contributed by atoms with Crippen molar-refractivity contribution in [3.8, 4) is 0 Å². The highest BCUT2D eigenvalue weighted by atomic mass is 32.1. The molecular weight excluding hydrogens is 218 g/mol. The zero-order chi connectivity index (χ0) is 11.9. The van der Waals surface area contributed by atoms with Gasteiger partial charge < -0.3 is 11.1 Å². The summed E-state index contributed by atoms with van der Waals surface area (Å²) in [6.07, 6.45) is 5.49. The highest BCUT2D eigenvalue weighted by Crippen LogP contribution is 2.25. The molecule has 1 heterocycles. The zero-order valence-corrected chi connectivity index (χ0v) is 11.1. The van der Waals surface area contributed by atoms with Crippen molar-refractivity contribution in [3.05, 3.63) is 16.6 Å². The first-order chi connectivity index (χ1) is 7.64. The second-order valence-corrected chi connectivity index (χ2v) is 5.92. The third-order valence-corrected chi connectivity index (χ3v) is 3.59. The highest BCUT2D eigenvalue weighted by molar-refractivity contribution is 7.09. The first-order valence-electron chi connectivity index (χ1n) is 5.92. The van der Waals surface area contributed by atoms with Crippen LogP contribution >= 0.6 is 11.3 Å². The zero-order valence-electron chi connectivity index (χ0n) is 10.3. The van der Waals surface area contributed by atoms with Gasteiger partial charge in [0.25, 0.3) is 0 Å². The number of hydrogen-bond acceptors (Lipinski definition) is 4. The maximum Gasteiger partial charge on any atom is 0.0794 e. The van der Waals surface area contributed by atoms with Crippen molar-refractivity contribution in [2.45, 2.75) is 39.7 Å². The van der Waals surface area contributed by atoms with Gasteiger partial charge in [0.2, 0.25) is 0 Å². The van der Waals surface area contributed by atoms with E-state index in [2.05, 4.69) is 24.1 Å². The fraction of sp³-hybridized carbons (Fsp3) is 0.750. The van der Waals surface area contributed by atoms with Crippen molar-refractivity contribution in [1.29, 1.82) is 0 Å². The summed E-state index contributed by atoms with van der Waals surface area (Å²) >= 11 is 1.70. The number of thiazole rings is 1. The van der Waals surface area contributed by atoms with Crippen LogP contribution in [0.4, 0.5) is 0 Å². The van der Waals surface area contributed by atoms with Crippen LogP contribution in [-0.2, 0) is 6.54 Å². The third-order valence-electron chi connectivity index (χ3n) is 2.81. The normalized spacial score (nSPS) is 11.9. The summed E-state index contributed by atoms with van der Waals surface area (Å²) < 4.78 is 0. The van der Waals surface area contributed by atoms with Gasteiger partial charge in [0, 0.05) is 17.6 Å². The van der Waals surface area contributed by atoms with E-state index < -0.39 is 0 Å². The maximum atomic E-state index is 5.59. The van der Waals surface area contributed by atoms with Crippen LogP contribution in [0.3, 0.4) is 0 Å². The summed E-state index contributed by atoms with van der Waals surface area (Å²) in [5.41, 5.74) is 7.85. The molecule has 3 nitrogen and oxygen atoms in total. The molecule has 92 valence electrons. The summed E-state index contributed by atoms with van der Waals surface area (Å²) in [5, 5.41) is 3.44. The molecule has 0 atom stereocenters. The van der Waals surface area contributed by atoms with E-state index in [0.29, 0.717) is 5.41 Å². The standard InChI is InChI=1S/C12H23N3S/c1-12(2,5-6-13)4-3-7-14-8-11-9-15-10-16-11/h9-10,14H,3-8,13H2,1-2H3. The Bertz CT molecular complexity index is 270. The molecule has 0 aromatic carbocycles. The minimum absolute atomic E-state index is 0.390. The van der Waals surface area contributed by atoms with Gasteiger partial charge in [-0.1, -0.05) is 13.8 Å². The molecule has 16 heavy (non-hydrogen) atoms. The van der Waals surface area contributed by atoms with Crippen LogP contribution in [0.25, 0.3) is 0 Å². The van der Waals surface area contributed by atoms with E-state index in [4.69, 9.17) is 5.73 Å². The number of hydrogen-bond donors (Lipinski definition) is 2. The van der Waals surface area contributed by atoms with Crippen molar-refractivity contribution in [2.24, 2.45) is 11.1 Å². The van der Waals surface area contributed by atoms with Gasteiger partial charge in [0.1, 0.15) is 0 Å². The van der Waals surface area contributed by atoms with Gasteiger partial charge in [-0.05, 0) is 37.8 Å². The fourth-order valence-electron chi connectivity index (χ4n) is 1.75. The molecule has 0 saturated carbocycles. The Morgan fingerprint density at radius 2 is 2.25 bits per heavy atom. The number of rotatable bonds is 8. The van der Waals surface area contributed by atoms with Crippen molar-refractivity contribution < 1.29 is 0 Å². The highest BCUT2D eigenvalue weighted by Gasteiger charge is 2.15. The number of aromatic nitrogens is 1. The second-order valence-electron chi connectivity index (χ2n) is 4.95. The quantitative estimate of drug-likeness (QED) is 0.687. The van der Waals surface area contributed by atoms with Gasteiger partial charge in [0.15, 0.2) is 0 Å². The summed E-state index contributed by atoms with van der Waals surface area (Å²) in [7, 11) is 0. The lowest BCUT2D eigenvalue weighted by molar-refractivity contribution is 0.302. The Hall–Kier alpha value is -0.450. The molecule has 4 heteroatoms. The van der Waals surface area contributed by atoms with Gasteiger partial charge in [0.05, 0.1) is 5.51 Å². The van der Waals surface area contributed by atoms with Crippen LogP contribution in [0.5, 0.6) is 0 Å². The van der Waals surface area contributed by atoms with Gasteiger partial charge >= 0.3 is 0 Å². The van der Waals surface area contributed by atoms with E-state index >= 15 is 0 Å². The van der Waals surface area contributed by atoms with Crippen molar-refractivity contribution in [1.82, 2.24) is 10.3 Å². The van der Waals surface area contributed by atoms with E-state index in [9.17, 15) is 0 Å². The van der Waals surface area contributed by atoms with E-state index in [1.165, 1.54) is 17.7 Å². The van der Waals surface area contributed by atoms with Crippen LogP contribution in [0.15, 0.2) is 11.7 Å². The molecule has 0 aliphatic rings. The van der Waals surface area contributed by atoms with Crippen LogP contribution < -0.4 is 11.1 Å². The molecule has 0 bridgehead atoms. The fourth-order valence-corrected chi connectivity index (χ4v) is 2.31. The maximum absolute atomic E-state index is 5.59. The molecule has 0 aliphatic carbocycles. The van der Waals surface area contributed by atoms with Gasteiger partial charge in [-0.15, -0.1) is 11.3 Å². The average Bonchev–Trinajstić information content (AvgIpc) is 2.69. The molecular formula is C12H23N3S. The van der Waals surface area contributed by atoms with E-state index in [-0.39, 0.29) is 0 Å². The van der Waals surface area contributed by atoms with Gasteiger partial charge in [-0.25, -0.2) is 0 Å². The largest absolute Gasteiger partial charge is 0.330 e. The van der Waals surface area contributed by atoms with Crippen molar-refractivity contribution >= 4 is 11.3 Å². The van der Waals surface area contributed by atoms with Crippen molar-refractivity contribution in [3.63, 3.8) is 0 Å². The van der Waals surface area contributed by atoms with Crippen LogP contribution in [0, 0.1) is 5.41 Å². The molecule has 3 N–H and O–H groups in total. The summed E-state index contributed by atoms with van der Waals surface area (Å²) in [5.74, 6) is 0. The Labute approximate surface area is 102 Å². The third kappa shape index (κ3) is 5.58. The molecule has 1 rings (SSSR count). The van der Waals surface area contributed by atoms with Crippen LogP contribution in [0.1, 0.15) is 38.0 Å². The molecule has 0 amide bonds. The lowest BCUT2D eigenvalue weighted by atomic mass is 9.84. The Kier molecular flexibility index (Phi) is 5.95. The SMILES string of the molecule is CC(C)(CCN)CCCNCc1cncs1. The van der Waals surface area contributed by atoms with Gasteiger partial charge in [-0.2, -0.15) is 0 Å². The number of nitrogens with two attached hydrogens (primary N) is 1. The molecule has 0 fully saturated rings. The minimum atomic E-state index is 0.390. The Morgan fingerprint density at radius 1 is 1.44 bits per heavy atom. The summed E-state index contributed by atoms with van der Waals surface area (Å²) in [6.45, 7) is 7.40. The molecule has 1 aromatic heterocycles. The van der Waals surface area contributed by atoms with E-state index in [1.54, 1.807) is 11.3 Å². The lowest BCUT2D eigenvalue weighted by Crippen LogP contribution is -2.20. The molecule has 1 aromatic rings. The predicted molar refractivity (Wildman–Crippen MR) is 70.5 cm³/mol. The topological polar surface area (TPSA) is 50.9 Å². The van der Waals surface area contributed by atoms with Crippen LogP contribution in [-0.4, -0.2) is 18.1 Å². The van der Waals surface area contributed by atoms with Crippen molar-refractivity contribution in [2.75, 3.05) is 13.1 Å². The second kappa shape index (κ2) is 6.99. The summed E-state index contributed by atoms with van der Waals surface area (Å²) in [4.78, 5) is 5.36. The first kappa shape index (κ1) is 13.6. The molecule has 0 radical (unpaired) electrons. The monoisotopic (exact) mass is 241 g/mol. The minimum Gasteiger partial charge on any atom is -0.330 e. The summed E-state index contributed by atoms with van der Waals surface area (Å²) in [6, 6.07) is 0. The molecule has 0 spiro atoms. The van der Waals surface area contributed by atoms with E-state index in [1.807, 2.05) is 11.7 Å². The molecule has 0 unspecified atom stereocenters. The Balaban J connectivity index is 2.03. The molecule has 0 saturated heterocycles. The number of nitrogens with one attached hydrogen (secondary N) is 1. The van der Waals surface area contributed by atoms with Gasteiger partial charge in [-0.3, -0.25) is 4.98 Å². The number of nitrogens with zero attached hydrogens (tertiary/aromatic N) is 1. The molecule has 0 aliphatic heterocycles.